The highest BCUT2D eigenvalue weighted by molar-refractivity contribution is 7.19. The van der Waals surface area contributed by atoms with E-state index in [-0.39, 0.29) is 16.7 Å². The lowest BCUT2D eigenvalue weighted by atomic mass is 10.1. The Balaban J connectivity index is 1.96. The Morgan fingerprint density at radius 3 is 2.91 bits per heavy atom. The molecule has 2 aromatic rings. The highest BCUT2D eigenvalue weighted by atomic mass is 32.1. The van der Waals surface area contributed by atoms with E-state index in [0.29, 0.717) is 0 Å². The predicted molar refractivity (Wildman–Crippen MR) is 86.1 cm³/mol. The minimum Gasteiger partial charge on any atom is -0.335 e. The van der Waals surface area contributed by atoms with Crippen molar-refractivity contribution in [3.05, 3.63) is 39.3 Å². The molecule has 1 aromatic carbocycles. The maximum atomic E-state index is 11.3. The van der Waals surface area contributed by atoms with E-state index in [1.54, 1.807) is 23.5 Å². The maximum absolute atomic E-state index is 11.3. The first-order valence-corrected chi connectivity index (χ1v) is 8.05. The Hall–Kier alpha value is -1.99. The third-order valence-corrected chi connectivity index (χ3v) is 5.36. The van der Waals surface area contributed by atoms with Crippen molar-refractivity contribution >= 4 is 33.5 Å². The highest BCUT2D eigenvalue weighted by Crippen LogP contribution is 2.35. The Morgan fingerprint density at radius 2 is 2.23 bits per heavy atom. The van der Waals surface area contributed by atoms with E-state index < -0.39 is 0 Å². The van der Waals surface area contributed by atoms with E-state index in [0.717, 1.165) is 47.6 Å². The molecule has 3 rings (SSSR count). The molecule has 1 fully saturated rings. The quantitative estimate of drug-likeness (QED) is 0.493. The number of carbonyl (C=O) groups is 1. The summed E-state index contributed by atoms with van der Waals surface area (Å²) in [6.45, 7) is 5.49. The number of hydrogen-bond donors (Lipinski definition) is 0. The normalized spacial score (nSPS) is 19.5. The van der Waals surface area contributed by atoms with Crippen LogP contribution in [0, 0.1) is 10.1 Å². The summed E-state index contributed by atoms with van der Waals surface area (Å²) in [6, 6.07) is 6.92. The molecule has 0 saturated carbocycles. The fourth-order valence-electron chi connectivity index (χ4n) is 2.85. The van der Waals surface area contributed by atoms with Crippen LogP contribution in [0.5, 0.6) is 0 Å². The predicted octanol–water partition coefficient (Wildman–Crippen LogP) is 2.64. The third-order valence-electron chi connectivity index (χ3n) is 4.15. The highest BCUT2D eigenvalue weighted by Gasteiger charge is 2.28. The van der Waals surface area contributed by atoms with Crippen LogP contribution in [0.2, 0.25) is 0 Å². The first kappa shape index (κ1) is 14.9. The SMILES string of the molecule is CCN1CCN(C=O)C(c2cc3cc([N+](=O)[O-])ccc3s2)C1. The van der Waals surface area contributed by atoms with Crippen molar-refractivity contribution in [2.45, 2.75) is 13.0 Å². The molecule has 0 spiro atoms. The van der Waals surface area contributed by atoms with Gasteiger partial charge in [-0.25, -0.2) is 0 Å². The second-order valence-corrected chi connectivity index (χ2v) is 6.50. The van der Waals surface area contributed by atoms with Crippen LogP contribution in [0.25, 0.3) is 10.1 Å². The molecule has 7 heteroatoms. The second-order valence-electron chi connectivity index (χ2n) is 5.38. The van der Waals surface area contributed by atoms with Crippen LogP contribution in [0.4, 0.5) is 5.69 Å². The molecular weight excluding hydrogens is 302 g/mol. The zero-order valence-electron chi connectivity index (χ0n) is 12.3. The molecule has 1 unspecified atom stereocenters. The lowest BCUT2D eigenvalue weighted by molar-refractivity contribution is -0.384. The summed E-state index contributed by atoms with van der Waals surface area (Å²) in [4.78, 5) is 27.0. The molecular formula is C15H17N3O3S. The van der Waals surface area contributed by atoms with Crippen LogP contribution in [0.3, 0.4) is 0 Å². The summed E-state index contributed by atoms with van der Waals surface area (Å²) < 4.78 is 1.01. The van der Waals surface area contributed by atoms with Gasteiger partial charge >= 0.3 is 0 Å². The summed E-state index contributed by atoms with van der Waals surface area (Å²) in [7, 11) is 0. The Bertz CT molecular complexity index is 715. The average Bonchev–Trinajstić information content (AvgIpc) is 2.96. The zero-order chi connectivity index (χ0) is 15.7. The van der Waals surface area contributed by atoms with Crippen molar-refractivity contribution in [2.75, 3.05) is 26.2 Å². The van der Waals surface area contributed by atoms with Gasteiger partial charge in [-0.05, 0) is 24.1 Å². The van der Waals surface area contributed by atoms with Crippen molar-refractivity contribution in [2.24, 2.45) is 0 Å². The van der Waals surface area contributed by atoms with Gasteiger partial charge in [-0.3, -0.25) is 19.8 Å². The largest absolute Gasteiger partial charge is 0.335 e. The maximum Gasteiger partial charge on any atom is 0.270 e. The number of hydrogen-bond acceptors (Lipinski definition) is 5. The third kappa shape index (κ3) is 2.69. The molecule has 1 atom stereocenters. The van der Waals surface area contributed by atoms with E-state index in [9.17, 15) is 14.9 Å². The van der Waals surface area contributed by atoms with E-state index in [2.05, 4.69) is 11.8 Å². The van der Waals surface area contributed by atoms with Gasteiger partial charge < -0.3 is 4.90 Å². The van der Waals surface area contributed by atoms with Gasteiger partial charge in [0.2, 0.25) is 6.41 Å². The van der Waals surface area contributed by atoms with Gasteiger partial charge in [-0.15, -0.1) is 11.3 Å². The van der Waals surface area contributed by atoms with Crippen LogP contribution in [-0.2, 0) is 4.79 Å². The van der Waals surface area contributed by atoms with Gasteiger partial charge in [-0.2, -0.15) is 0 Å². The van der Waals surface area contributed by atoms with E-state index in [4.69, 9.17) is 0 Å². The van der Waals surface area contributed by atoms with Gasteiger partial charge in [-0.1, -0.05) is 6.92 Å². The first-order chi connectivity index (χ1) is 10.6. The van der Waals surface area contributed by atoms with Crippen LogP contribution in [0.15, 0.2) is 24.3 Å². The van der Waals surface area contributed by atoms with E-state index >= 15 is 0 Å². The number of rotatable bonds is 4. The number of nitro benzene ring substituents is 1. The average molecular weight is 319 g/mol. The summed E-state index contributed by atoms with van der Waals surface area (Å²) in [6.07, 6.45) is 0.907. The molecule has 2 heterocycles. The number of carbonyl (C=O) groups excluding carboxylic acids is 1. The lowest BCUT2D eigenvalue weighted by Gasteiger charge is -2.38. The first-order valence-electron chi connectivity index (χ1n) is 7.23. The van der Waals surface area contributed by atoms with Crippen LogP contribution < -0.4 is 0 Å². The smallest absolute Gasteiger partial charge is 0.270 e. The molecule has 22 heavy (non-hydrogen) atoms. The van der Waals surface area contributed by atoms with Crippen molar-refractivity contribution in [1.82, 2.24) is 9.80 Å². The van der Waals surface area contributed by atoms with Gasteiger partial charge in [0.05, 0.1) is 11.0 Å². The zero-order valence-corrected chi connectivity index (χ0v) is 13.1. The van der Waals surface area contributed by atoms with Gasteiger partial charge in [0, 0.05) is 41.3 Å². The molecule has 1 saturated heterocycles. The number of amides is 1. The van der Waals surface area contributed by atoms with Crippen molar-refractivity contribution in [3.8, 4) is 0 Å². The minimum atomic E-state index is -0.381. The van der Waals surface area contributed by atoms with Crippen molar-refractivity contribution in [3.63, 3.8) is 0 Å². The molecule has 0 N–H and O–H groups in total. The number of nitro groups is 1. The molecule has 0 aliphatic carbocycles. The molecule has 1 aliphatic rings. The van der Waals surface area contributed by atoms with Crippen molar-refractivity contribution < 1.29 is 9.72 Å². The Labute approximate surface area is 132 Å². The Morgan fingerprint density at radius 1 is 1.41 bits per heavy atom. The minimum absolute atomic E-state index is 0.0302. The molecule has 116 valence electrons. The standard InChI is InChI=1S/C15H17N3O3S/c1-2-16-5-6-17(10-19)13(9-16)15-8-11-7-12(18(20)21)3-4-14(11)22-15/h3-4,7-8,10,13H,2,5-6,9H2,1H3. The van der Waals surface area contributed by atoms with Crippen LogP contribution >= 0.6 is 11.3 Å². The number of fused-ring (bicyclic) bond motifs is 1. The molecule has 0 bridgehead atoms. The number of thiophene rings is 1. The summed E-state index contributed by atoms with van der Waals surface area (Å²) in [5, 5.41) is 11.8. The van der Waals surface area contributed by atoms with Crippen LogP contribution in [0.1, 0.15) is 17.8 Å². The number of likely N-dealkylation sites (N-methyl/N-ethyl adjacent to an activating group) is 1. The molecule has 1 aromatic heterocycles. The van der Waals surface area contributed by atoms with Crippen molar-refractivity contribution in [1.29, 1.82) is 0 Å². The topological polar surface area (TPSA) is 66.7 Å². The molecule has 1 amide bonds. The monoisotopic (exact) mass is 319 g/mol. The Kier molecular flexibility index (Phi) is 4.08. The summed E-state index contributed by atoms with van der Waals surface area (Å²) >= 11 is 1.61. The number of piperazine rings is 1. The molecule has 6 nitrogen and oxygen atoms in total. The van der Waals surface area contributed by atoms with E-state index in [1.165, 1.54) is 6.07 Å². The summed E-state index contributed by atoms with van der Waals surface area (Å²) in [5.74, 6) is 0. The van der Waals surface area contributed by atoms with Gasteiger partial charge in [0.1, 0.15) is 0 Å². The fraction of sp³-hybridized carbons (Fsp3) is 0.400. The summed E-state index contributed by atoms with van der Waals surface area (Å²) in [5.41, 5.74) is 0.0999. The van der Waals surface area contributed by atoms with Gasteiger partial charge in [0.15, 0.2) is 0 Å². The van der Waals surface area contributed by atoms with E-state index in [1.807, 2.05) is 11.0 Å². The second kappa shape index (κ2) is 6.02. The lowest BCUT2D eigenvalue weighted by Crippen LogP contribution is -2.47. The molecule has 0 radical (unpaired) electrons. The fourth-order valence-corrected chi connectivity index (χ4v) is 4.01. The number of non-ortho nitro benzene ring substituents is 1. The van der Waals surface area contributed by atoms with Gasteiger partial charge in [0.25, 0.3) is 5.69 Å². The number of benzene rings is 1. The van der Waals surface area contributed by atoms with Crippen LogP contribution in [-0.4, -0.2) is 47.3 Å². The number of nitrogens with zero attached hydrogens (tertiary/aromatic N) is 3. The molecule has 1 aliphatic heterocycles.